The van der Waals surface area contributed by atoms with E-state index in [2.05, 4.69) is 4.98 Å². The predicted molar refractivity (Wildman–Crippen MR) is 76.5 cm³/mol. The number of rotatable bonds is 4. The van der Waals surface area contributed by atoms with Crippen molar-refractivity contribution in [1.82, 2.24) is 4.98 Å². The molecule has 0 atom stereocenters. The summed E-state index contributed by atoms with van der Waals surface area (Å²) in [5.74, 6) is 0.511. The van der Waals surface area contributed by atoms with Crippen molar-refractivity contribution in [3.05, 3.63) is 59.7 Å². The number of hydrogen-bond donors (Lipinski definition) is 1. The third-order valence-electron chi connectivity index (χ3n) is 3.16. The fourth-order valence-electron chi connectivity index (χ4n) is 2.12. The molecule has 0 amide bonds. The van der Waals surface area contributed by atoms with Crippen molar-refractivity contribution >= 4 is 16.9 Å². The van der Waals surface area contributed by atoms with Crippen LogP contribution in [0.15, 0.2) is 47.0 Å². The fraction of sp³-hybridized carbons (Fsp3) is 0.125. The molecule has 5 nitrogen and oxygen atoms in total. The topological polar surface area (TPSA) is 72.6 Å². The molecule has 0 aliphatic carbocycles. The number of aromatic nitrogens is 1. The van der Waals surface area contributed by atoms with Crippen LogP contribution in [0.2, 0.25) is 0 Å². The van der Waals surface area contributed by atoms with Crippen LogP contribution in [-0.2, 0) is 6.61 Å². The Morgan fingerprint density at radius 2 is 2.19 bits per heavy atom. The number of pyridine rings is 1. The Balaban J connectivity index is 1.77. The standard InChI is InChI=1S/C16H13NO4/c1-10-14(16(18)19)7-13(21-10)9-20-12-5-4-11-3-2-6-17-15(11)8-12/h2-8H,9H2,1H3,(H,18,19). The Hall–Kier alpha value is -2.82. The van der Waals surface area contributed by atoms with Crippen LogP contribution in [0.1, 0.15) is 21.9 Å². The predicted octanol–water partition coefficient (Wildman–Crippen LogP) is 3.41. The molecule has 3 aromatic rings. The number of aryl methyl sites for hydroxylation is 1. The summed E-state index contributed by atoms with van der Waals surface area (Å²) in [4.78, 5) is 15.2. The molecule has 0 saturated heterocycles. The molecule has 21 heavy (non-hydrogen) atoms. The maximum atomic E-state index is 10.9. The molecule has 0 radical (unpaired) electrons. The third kappa shape index (κ3) is 2.72. The van der Waals surface area contributed by atoms with E-state index in [1.807, 2.05) is 30.3 Å². The third-order valence-corrected chi connectivity index (χ3v) is 3.16. The number of aromatic carboxylic acids is 1. The minimum Gasteiger partial charge on any atom is -0.486 e. The monoisotopic (exact) mass is 283 g/mol. The molecular formula is C16H13NO4. The van der Waals surface area contributed by atoms with Crippen LogP contribution in [-0.4, -0.2) is 16.1 Å². The average Bonchev–Trinajstić information content (AvgIpc) is 2.86. The van der Waals surface area contributed by atoms with E-state index in [1.165, 1.54) is 6.07 Å². The van der Waals surface area contributed by atoms with E-state index >= 15 is 0 Å². The van der Waals surface area contributed by atoms with Crippen molar-refractivity contribution in [3.63, 3.8) is 0 Å². The van der Waals surface area contributed by atoms with E-state index < -0.39 is 5.97 Å². The molecule has 0 fully saturated rings. The smallest absolute Gasteiger partial charge is 0.339 e. The lowest BCUT2D eigenvalue weighted by Crippen LogP contribution is -1.96. The second-order valence-electron chi connectivity index (χ2n) is 4.63. The van der Waals surface area contributed by atoms with Gasteiger partial charge in [0.05, 0.1) is 5.52 Å². The maximum absolute atomic E-state index is 10.9. The lowest BCUT2D eigenvalue weighted by Gasteiger charge is -2.05. The van der Waals surface area contributed by atoms with E-state index in [9.17, 15) is 4.79 Å². The molecule has 0 aliphatic heterocycles. The molecule has 2 heterocycles. The summed E-state index contributed by atoms with van der Waals surface area (Å²) >= 11 is 0. The Morgan fingerprint density at radius 1 is 1.33 bits per heavy atom. The van der Waals surface area contributed by atoms with E-state index in [-0.39, 0.29) is 12.2 Å². The number of carbonyl (C=O) groups is 1. The Kier molecular flexibility index (Phi) is 3.31. The fourth-order valence-corrected chi connectivity index (χ4v) is 2.12. The van der Waals surface area contributed by atoms with Gasteiger partial charge in [-0.25, -0.2) is 4.79 Å². The van der Waals surface area contributed by atoms with Crippen molar-refractivity contribution < 1.29 is 19.1 Å². The average molecular weight is 283 g/mol. The second kappa shape index (κ2) is 5.28. The van der Waals surface area contributed by atoms with E-state index in [0.29, 0.717) is 17.3 Å². The highest BCUT2D eigenvalue weighted by Gasteiger charge is 2.13. The highest BCUT2D eigenvalue weighted by atomic mass is 16.5. The van der Waals surface area contributed by atoms with Crippen molar-refractivity contribution in [3.8, 4) is 5.75 Å². The Labute approximate surface area is 120 Å². The summed E-state index contributed by atoms with van der Waals surface area (Å²) in [5.41, 5.74) is 1.01. The van der Waals surface area contributed by atoms with Crippen molar-refractivity contribution in [2.45, 2.75) is 13.5 Å². The number of ether oxygens (including phenoxy) is 1. The van der Waals surface area contributed by atoms with Gasteiger partial charge in [0.25, 0.3) is 0 Å². The van der Waals surface area contributed by atoms with Gasteiger partial charge in [-0.05, 0) is 31.2 Å². The first-order chi connectivity index (χ1) is 10.1. The summed E-state index contributed by atoms with van der Waals surface area (Å²) in [6, 6.07) is 10.9. The van der Waals surface area contributed by atoms with Crippen LogP contribution in [0, 0.1) is 6.92 Å². The van der Waals surface area contributed by atoms with Crippen LogP contribution < -0.4 is 4.74 Å². The number of benzene rings is 1. The van der Waals surface area contributed by atoms with Crippen LogP contribution in [0.5, 0.6) is 5.75 Å². The minimum absolute atomic E-state index is 0.161. The quantitative estimate of drug-likeness (QED) is 0.794. The first kappa shape index (κ1) is 13.2. The summed E-state index contributed by atoms with van der Waals surface area (Å²) in [6.45, 7) is 1.79. The molecule has 3 rings (SSSR count). The number of hydrogen-bond acceptors (Lipinski definition) is 4. The summed E-state index contributed by atoms with van der Waals surface area (Å²) < 4.78 is 11.0. The van der Waals surface area contributed by atoms with Gasteiger partial charge in [0.1, 0.15) is 29.4 Å². The van der Waals surface area contributed by atoms with Gasteiger partial charge in [-0.1, -0.05) is 6.07 Å². The molecule has 5 heteroatoms. The molecular weight excluding hydrogens is 270 g/mol. The largest absolute Gasteiger partial charge is 0.486 e. The molecule has 1 N–H and O–H groups in total. The summed E-state index contributed by atoms with van der Waals surface area (Å²) in [5, 5.41) is 10.0. The zero-order valence-corrected chi connectivity index (χ0v) is 11.4. The highest BCUT2D eigenvalue weighted by Crippen LogP contribution is 2.21. The lowest BCUT2D eigenvalue weighted by molar-refractivity contribution is 0.0695. The minimum atomic E-state index is -1.00. The molecule has 0 aliphatic rings. The van der Waals surface area contributed by atoms with Crippen molar-refractivity contribution in [2.24, 2.45) is 0 Å². The van der Waals surface area contributed by atoms with E-state index in [0.717, 1.165) is 10.9 Å². The summed E-state index contributed by atoms with van der Waals surface area (Å²) in [6.07, 6.45) is 1.72. The molecule has 2 aromatic heterocycles. The number of furan rings is 1. The lowest BCUT2D eigenvalue weighted by atomic mass is 10.2. The van der Waals surface area contributed by atoms with Gasteiger partial charge in [-0.15, -0.1) is 0 Å². The summed E-state index contributed by atoms with van der Waals surface area (Å²) in [7, 11) is 0. The molecule has 0 saturated carbocycles. The number of nitrogens with zero attached hydrogens (tertiary/aromatic N) is 1. The van der Waals surface area contributed by atoms with Crippen LogP contribution in [0.4, 0.5) is 0 Å². The van der Waals surface area contributed by atoms with E-state index in [1.54, 1.807) is 13.1 Å². The highest BCUT2D eigenvalue weighted by molar-refractivity contribution is 5.88. The van der Waals surface area contributed by atoms with Gasteiger partial charge < -0.3 is 14.3 Å². The van der Waals surface area contributed by atoms with Crippen LogP contribution in [0.3, 0.4) is 0 Å². The zero-order chi connectivity index (χ0) is 14.8. The van der Waals surface area contributed by atoms with Gasteiger partial charge in [-0.3, -0.25) is 4.98 Å². The van der Waals surface area contributed by atoms with Gasteiger partial charge in [0.2, 0.25) is 0 Å². The molecule has 1 aromatic carbocycles. The number of fused-ring (bicyclic) bond motifs is 1. The zero-order valence-electron chi connectivity index (χ0n) is 11.4. The van der Waals surface area contributed by atoms with Crippen LogP contribution >= 0.6 is 0 Å². The first-order valence-electron chi connectivity index (χ1n) is 6.43. The second-order valence-corrected chi connectivity index (χ2v) is 4.63. The van der Waals surface area contributed by atoms with Crippen molar-refractivity contribution in [2.75, 3.05) is 0 Å². The van der Waals surface area contributed by atoms with E-state index in [4.69, 9.17) is 14.3 Å². The molecule has 0 spiro atoms. The molecule has 106 valence electrons. The Bertz CT molecular complexity index is 807. The number of carboxylic acids is 1. The number of carboxylic acid groups (broad SMARTS) is 1. The molecule has 0 bridgehead atoms. The first-order valence-corrected chi connectivity index (χ1v) is 6.43. The Morgan fingerprint density at radius 3 is 2.95 bits per heavy atom. The SMILES string of the molecule is Cc1oc(COc2ccc3cccnc3c2)cc1C(=O)O. The van der Waals surface area contributed by atoms with Gasteiger partial charge in [-0.2, -0.15) is 0 Å². The van der Waals surface area contributed by atoms with Gasteiger partial charge in [0.15, 0.2) is 0 Å². The van der Waals surface area contributed by atoms with Crippen molar-refractivity contribution in [1.29, 1.82) is 0 Å². The molecule has 0 unspecified atom stereocenters. The van der Waals surface area contributed by atoms with Crippen LogP contribution in [0.25, 0.3) is 10.9 Å². The normalized spacial score (nSPS) is 10.7. The maximum Gasteiger partial charge on any atom is 0.339 e. The van der Waals surface area contributed by atoms with Gasteiger partial charge >= 0.3 is 5.97 Å². The van der Waals surface area contributed by atoms with Gasteiger partial charge in [0, 0.05) is 17.6 Å².